The summed E-state index contributed by atoms with van der Waals surface area (Å²) in [6.45, 7) is 6.66. The van der Waals surface area contributed by atoms with Crippen molar-refractivity contribution < 1.29 is 9.90 Å². The molecule has 0 atom stereocenters. The van der Waals surface area contributed by atoms with Gasteiger partial charge in [0.2, 0.25) is 0 Å². The van der Waals surface area contributed by atoms with Crippen LogP contribution in [0.1, 0.15) is 30.0 Å². The minimum Gasteiger partial charge on any atom is -0.477 e. The molecule has 88 valence electrons. The van der Waals surface area contributed by atoms with Gasteiger partial charge in [-0.2, -0.15) is 0 Å². The van der Waals surface area contributed by atoms with Gasteiger partial charge in [-0.3, -0.25) is 0 Å². The number of hydrogen-bond acceptors (Lipinski definition) is 4. The first-order valence-electron chi connectivity index (χ1n) is 5.20. The summed E-state index contributed by atoms with van der Waals surface area (Å²) in [5.74, 6) is 0.511. The second-order valence-electron chi connectivity index (χ2n) is 4.23. The fourth-order valence-electron chi connectivity index (χ4n) is 1.53. The zero-order valence-corrected chi connectivity index (χ0v) is 10.1. The highest BCUT2D eigenvalue weighted by atomic mass is 16.4. The van der Waals surface area contributed by atoms with Gasteiger partial charge in [0.1, 0.15) is 17.2 Å². The van der Waals surface area contributed by atoms with Crippen LogP contribution in [0.3, 0.4) is 0 Å². The molecule has 0 saturated heterocycles. The Morgan fingerprint density at radius 2 is 2.19 bits per heavy atom. The zero-order valence-electron chi connectivity index (χ0n) is 10.1. The van der Waals surface area contributed by atoms with E-state index >= 15 is 0 Å². The molecule has 1 heterocycles. The third-order valence-corrected chi connectivity index (χ3v) is 2.12. The lowest BCUT2D eigenvalue weighted by Crippen LogP contribution is -2.26. The van der Waals surface area contributed by atoms with Crippen LogP contribution >= 0.6 is 0 Å². The monoisotopic (exact) mass is 223 g/mol. The summed E-state index contributed by atoms with van der Waals surface area (Å²) in [5, 5.41) is 9.03. The minimum absolute atomic E-state index is 0.147. The van der Waals surface area contributed by atoms with Crippen molar-refractivity contribution in [1.82, 2.24) is 9.97 Å². The molecule has 1 N–H and O–H groups in total. The molecule has 1 aromatic heterocycles. The third kappa shape index (κ3) is 2.92. The van der Waals surface area contributed by atoms with E-state index in [-0.39, 0.29) is 5.56 Å². The molecule has 0 fully saturated rings. The molecule has 0 aromatic carbocycles. The van der Waals surface area contributed by atoms with Crippen LogP contribution in [0.25, 0.3) is 0 Å². The van der Waals surface area contributed by atoms with E-state index in [1.807, 2.05) is 11.9 Å². The summed E-state index contributed by atoms with van der Waals surface area (Å²) in [4.78, 5) is 21.0. The number of rotatable bonds is 4. The van der Waals surface area contributed by atoms with Crippen molar-refractivity contribution in [1.29, 1.82) is 0 Å². The van der Waals surface area contributed by atoms with Crippen LogP contribution in [-0.4, -0.2) is 34.6 Å². The van der Waals surface area contributed by atoms with Crippen LogP contribution in [0.2, 0.25) is 0 Å². The van der Waals surface area contributed by atoms with Gasteiger partial charge in [0, 0.05) is 19.8 Å². The van der Waals surface area contributed by atoms with Gasteiger partial charge in [-0.25, -0.2) is 14.8 Å². The van der Waals surface area contributed by atoms with Crippen LogP contribution in [0.15, 0.2) is 6.20 Å². The van der Waals surface area contributed by atoms with Gasteiger partial charge in [0.25, 0.3) is 0 Å². The second kappa shape index (κ2) is 4.92. The van der Waals surface area contributed by atoms with Crippen molar-refractivity contribution in [3.05, 3.63) is 17.6 Å². The lowest BCUT2D eigenvalue weighted by Gasteiger charge is -2.21. The Morgan fingerprint density at radius 3 is 2.69 bits per heavy atom. The van der Waals surface area contributed by atoms with Crippen LogP contribution in [-0.2, 0) is 0 Å². The normalized spacial score (nSPS) is 10.6. The number of nitrogens with zero attached hydrogens (tertiary/aromatic N) is 3. The first kappa shape index (κ1) is 12.4. The third-order valence-electron chi connectivity index (χ3n) is 2.12. The second-order valence-corrected chi connectivity index (χ2v) is 4.23. The minimum atomic E-state index is -0.995. The van der Waals surface area contributed by atoms with Crippen molar-refractivity contribution in [3.63, 3.8) is 0 Å². The molecule has 0 unspecified atom stereocenters. The highest BCUT2D eigenvalue weighted by Gasteiger charge is 2.16. The topological polar surface area (TPSA) is 66.3 Å². The predicted octanol–water partition coefficient (Wildman–Crippen LogP) is 1.58. The maximum atomic E-state index is 11.0. The van der Waals surface area contributed by atoms with Crippen molar-refractivity contribution in [3.8, 4) is 0 Å². The number of anilines is 1. The van der Waals surface area contributed by atoms with Crippen molar-refractivity contribution in [2.45, 2.75) is 20.8 Å². The lowest BCUT2D eigenvalue weighted by molar-refractivity contribution is 0.0696. The van der Waals surface area contributed by atoms with Gasteiger partial charge in [-0.15, -0.1) is 0 Å². The summed E-state index contributed by atoms with van der Waals surface area (Å²) in [7, 11) is 1.84. The molecular formula is C11H17N3O2. The van der Waals surface area contributed by atoms with Crippen LogP contribution in [0.4, 0.5) is 5.82 Å². The van der Waals surface area contributed by atoms with E-state index in [9.17, 15) is 4.79 Å². The number of carboxylic acids is 1. The van der Waals surface area contributed by atoms with E-state index in [1.165, 1.54) is 6.20 Å². The molecule has 0 radical (unpaired) electrons. The highest BCUT2D eigenvalue weighted by molar-refractivity contribution is 5.92. The van der Waals surface area contributed by atoms with Crippen molar-refractivity contribution in [2.24, 2.45) is 5.92 Å². The summed E-state index contributed by atoms with van der Waals surface area (Å²) < 4.78 is 0. The number of aromatic nitrogens is 2. The smallest absolute Gasteiger partial charge is 0.341 e. The van der Waals surface area contributed by atoms with Gasteiger partial charge in [0.15, 0.2) is 0 Å². The van der Waals surface area contributed by atoms with Crippen LogP contribution < -0.4 is 4.90 Å². The summed E-state index contributed by atoms with van der Waals surface area (Å²) in [5.41, 5.74) is 0.147. The van der Waals surface area contributed by atoms with E-state index in [1.54, 1.807) is 6.92 Å². The number of aromatic carboxylic acids is 1. The Morgan fingerprint density at radius 1 is 1.56 bits per heavy atom. The first-order chi connectivity index (χ1) is 7.41. The molecule has 5 heteroatoms. The summed E-state index contributed by atoms with van der Waals surface area (Å²) in [6.07, 6.45) is 1.36. The van der Waals surface area contributed by atoms with Crippen LogP contribution in [0, 0.1) is 12.8 Å². The molecule has 0 aliphatic rings. The average molecular weight is 223 g/mol. The molecular weight excluding hydrogens is 206 g/mol. The van der Waals surface area contributed by atoms with Gasteiger partial charge < -0.3 is 10.0 Å². The number of aryl methyl sites for hydroxylation is 1. The van der Waals surface area contributed by atoms with E-state index in [0.29, 0.717) is 17.6 Å². The largest absolute Gasteiger partial charge is 0.477 e. The van der Waals surface area contributed by atoms with Gasteiger partial charge in [-0.1, -0.05) is 13.8 Å². The zero-order chi connectivity index (χ0) is 12.3. The molecule has 1 aromatic rings. The SMILES string of the molecule is Cc1ncc(C(=O)O)c(N(C)CC(C)C)n1. The van der Waals surface area contributed by atoms with E-state index < -0.39 is 5.97 Å². The fourth-order valence-corrected chi connectivity index (χ4v) is 1.53. The van der Waals surface area contributed by atoms with Crippen molar-refractivity contribution in [2.75, 3.05) is 18.5 Å². The Balaban J connectivity index is 3.09. The Bertz CT molecular complexity index is 391. The van der Waals surface area contributed by atoms with Gasteiger partial charge in [-0.05, 0) is 12.8 Å². The van der Waals surface area contributed by atoms with Gasteiger partial charge >= 0.3 is 5.97 Å². The maximum Gasteiger partial charge on any atom is 0.341 e. The first-order valence-corrected chi connectivity index (χ1v) is 5.20. The Kier molecular flexibility index (Phi) is 3.82. The summed E-state index contributed by atoms with van der Waals surface area (Å²) >= 11 is 0. The van der Waals surface area contributed by atoms with E-state index in [0.717, 1.165) is 6.54 Å². The molecule has 0 amide bonds. The highest BCUT2D eigenvalue weighted by Crippen LogP contribution is 2.16. The molecule has 0 spiro atoms. The van der Waals surface area contributed by atoms with Gasteiger partial charge in [0.05, 0.1) is 0 Å². The Hall–Kier alpha value is -1.65. The molecule has 0 aliphatic heterocycles. The standard InChI is InChI=1S/C11H17N3O2/c1-7(2)6-14(4)10-9(11(15)16)5-12-8(3)13-10/h5,7H,6H2,1-4H3,(H,15,16). The predicted molar refractivity (Wildman–Crippen MR) is 61.8 cm³/mol. The lowest BCUT2D eigenvalue weighted by atomic mass is 10.2. The molecule has 5 nitrogen and oxygen atoms in total. The van der Waals surface area contributed by atoms with Crippen molar-refractivity contribution >= 4 is 11.8 Å². The summed E-state index contributed by atoms with van der Waals surface area (Å²) in [6, 6.07) is 0. The molecule has 1 rings (SSSR count). The quantitative estimate of drug-likeness (QED) is 0.839. The number of carboxylic acid groups (broad SMARTS) is 1. The van der Waals surface area contributed by atoms with E-state index in [4.69, 9.17) is 5.11 Å². The number of carbonyl (C=O) groups is 1. The van der Waals surface area contributed by atoms with Crippen LogP contribution in [0.5, 0.6) is 0 Å². The average Bonchev–Trinajstić information content (AvgIpc) is 2.15. The molecule has 16 heavy (non-hydrogen) atoms. The molecule has 0 aliphatic carbocycles. The maximum absolute atomic E-state index is 11.0. The molecule has 0 saturated carbocycles. The number of hydrogen-bond donors (Lipinski definition) is 1. The molecule has 0 bridgehead atoms. The Labute approximate surface area is 95.1 Å². The fraction of sp³-hybridized carbons (Fsp3) is 0.545. The van der Waals surface area contributed by atoms with E-state index in [2.05, 4.69) is 23.8 Å².